The number of nitrogens with one attached hydrogen (secondary N) is 1. The Morgan fingerprint density at radius 2 is 1.78 bits per heavy atom. The molecule has 0 spiro atoms. The van der Waals surface area contributed by atoms with Gasteiger partial charge < -0.3 is 10.4 Å². The third-order valence-corrected chi connectivity index (χ3v) is 6.57. The Labute approximate surface area is 218 Å². The van der Waals surface area contributed by atoms with Crippen molar-refractivity contribution in [1.82, 2.24) is 20.1 Å². The van der Waals surface area contributed by atoms with E-state index in [1.54, 1.807) is 18.2 Å². The number of hydrogen-bond acceptors (Lipinski definition) is 4. The molecule has 12 heteroatoms. The number of carbonyl (C=O) groups is 2. The highest BCUT2D eigenvalue weighted by Gasteiger charge is 2.39. The first kappa shape index (κ1) is 26.4. The summed E-state index contributed by atoms with van der Waals surface area (Å²) in [6.45, 7) is 1.53. The molecule has 37 heavy (non-hydrogen) atoms. The molecule has 0 saturated heterocycles. The molecular formula is C25H19Cl2F3N4O3. The lowest BCUT2D eigenvalue weighted by molar-refractivity contribution is -0.141. The first-order chi connectivity index (χ1) is 17.4. The first-order valence-electron chi connectivity index (χ1n) is 10.9. The number of benzene rings is 2. The van der Waals surface area contributed by atoms with E-state index in [-0.39, 0.29) is 33.2 Å². The maximum atomic E-state index is 13.8. The summed E-state index contributed by atoms with van der Waals surface area (Å²) in [7, 11) is 1.42. The van der Waals surface area contributed by atoms with Crippen LogP contribution in [-0.4, -0.2) is 37.8 Å². The average molecular weight is 551 g/mol. The fourth-order valence-electron chi connectivity index (χ4n) is 4.11. The van der Waals surface area contributed by atoms with Gasteiger partial charge >= 0.3 is 12.1 Å². The van der Waals surface area contributed by atoms with E-state index >= 15 is 0 Å². The number of aromatic nitrogens is 3. The van der Waals surface area contributed by atoms with Crippen molar-refractivity contribution in [3.8, 4) is 11.1 Å². The zero-order chi connectivity index (χ0) is 27.1. The topological polar surface area (TPSA) is 97.1 Å². The summed E-state index contributed by atoms with van der Waals surface area (Å²) in [5, 5.41) is 16.4. The zero-order valence-corrected chi connectivity index (χ0v) is 20.9. The van der Waals surface area contributed by atoms with E-state index in [0.717, 1.165) is 4.68 Å². The van der Waals surface area contributed by atoms with Gasteiger partial charge in [-0.05, 0) is 36.2 Å². The molecular weight excluding hydrogens is 532 g/mol. The van der Waals surface area contributed by atoms with Crippen molar-refractivity contribution >= 4 is 46.0 Å². The molecule has 0 aliphatic rings. The van der Waals surface area contributed by atoms with Gasteiger partial charge in [-0.3, -0.25) is 14.5 Å². The number of rotatable bonds is 6. The number of aryl methyl sites for hydroxylation is 1. The quantitative estimate of drug-likeness (QED) is 0.321. The second kappa shape index (κ2) is 10.0. The number of carboxylic acid groups (broad SMARTS) is 1. The number of nitrogens with zero attached hydrogens (tertiary/aromatic N) is 3. The standard InChI is InChI=1S/C25H19Cl2F3N4O3/c1-12-19(22(25(28,29)30)33-34(12)2)14-9-8-13(21-15(14)5-4-10-31-21)11-18(24(36)37)32-23(35)20-16(26)6-3-7-17(20)27/h3-10,18H,11H2,1-2H3,(H,32,35)(H,36,37). The molecule has 0 aliphatic carbocycles. The smallest absolute Gasteiger partial charge is 0.435 e. The zero-order valence-electron chi connectivity index (χ0n) is 19.4. The van der Waals surface area contributed by atoms with Gasteiger partial charge in [0.2, 0.25) is 0 Å². The van der Waals surface area contributed by atoms with Gasteiger partial charge in [0, 0.05) is 36.3 Å². The summed E-state index contributed by atoms with van der Waals surface area (Å²) < 4.78 is 42.5. The Morgan fingerprint density at radius 1 is 1.11 bits per heavy atom. The Balaban J connectivity index is 1.76. The molecule has 1 atom stereocenters. The number of alkyl halides is 3. The number of carbonyl (C=O) groups excluding carboxylic acids is 1. The number of fused-ring (bicyclic) bond motifs is 1. The van der Waals surface area contributed by atoms with Gasteiger partial charge in [0.25, 0.3) is 5.91 Å². The maximum Gasteiger partial charge on any atom is 0.435 e. The normalized spacial score (nSPS) is 12.5. The van der Waals surface area contributed by atoms with Gasteiger partial charge in [-0.15, -0.1) is 0 Å². The highest BCUT2D eigenvalue weighted by atomic mass is 35.5. The van der Waals surface area contributed by atoms with E-state index in [9.17, 15) is 27.9 Å². The van der Waals surface area contributed by atoms with Gasteiger partial charge in [0.15, 0.2) is 5.69 Å². The second-order valence-electron chi connectivity index (χ2n) is 8.27. The number of amides is 1. The number of halogens is 5. The minimum Gasteiger partial charge on any atom is -0.480 e. The Hall–Kier alpha value is -3.63. The van der Waals surface area contributed by atoms with Gasteiger partial charge in [-0.2, -0.15) is 18.3 Å². The highest BCUT2D eigenvalue weighted by Crippen LogP contribution is 2.41. The number of aliphatic carboxylic acids is 1. The van der Waals surface area contributed by atoms with Gasteiger partial charge in [0.1, 0.15) is 6.04 Å². The SMILES string of the molecule is Cc1c(-c2ccc(CC(NC(=O)c3c(Cl)cccc3Cl)C(=O)O)c3ncccc23)c(C(F)(F)F)nn1C. The molecule has 2 heterocycles. The number of hydrogen-bond donors (Lipinski definition) is 2. The van der Waals surface area contributed by atoms with Crippen molar-refractivity contribution in [2.45, 2.75) is 25.6 Å². The molecule has 0 radical (unpaired) electrons. The molecule has 1 amide bonds. The lowest BCUT2D eigenvalue weighted by Gasteiger charge is -2.18. The van der Waals surface area contributed by atoms with Crippen LogP contribution in [0.2, 0.25) is 10.0 Å². The molecule has 0 bridgehead atoms. The molecule has 1 unspecified atom stereocenters. The summed E-state index contributed by atoms with van der Waals surface area (Å²) in [6.07, 6.45) is -3.43. The third kappa shape index (κ3) is 5.12. The summed E-state index contributed by atoms with van der Waals surface area (Å²) in [5.74, 6) is -2.11. The molecule has 7 nitrogen and oxygen atoms in total. The average Bonchev–Trinajstić information content (AvgIpc) is 3.13. The van der Waals surface area contributed by atoms with Crippen LogP contribution in [0.15, 0.2) is 48.7 Å². The lowest BCUT2D eigenvalue weighted by Crippen LogP contribution is -2.42. The van der Waals surface area contributed by atoms with Crippen LogP contribution in [0.4, 0.5) is 13.2 Å². The maximum absolute atomic E-state index is 13.8. The first-order valence-corrected chi connectivity index (χ1v) is 11.6. The second-order valence-corrected chi connectivity index (χ2v) is 9.08. The van der Waals surface area contributed by atoms with Crippen molar-refractivity contribution in [3.05, 3.63) is 81.2 Å². The summed E-state index contributed by atoms with van der Waals surface area (Å²) in [4.78, 5) is 29.1. The minimum atomic E-state index is -4.69. The highest BCUT2D eigenvalue weighted by molar-refractivity contribution is 6.39. The predicted octanol–water partition coefficient (Wildman–Crippen LogP) is 5.70. The predicted molar refractivity (Wildman–Crippen MR) is 133 cm³/mol. The van der Waals surface area contributed by atoms with Crippen molar-refractivity contribution in [2.75, 3.05) is 0 Å². The van der Waals surface area contributed by atoms with E-state index in [2.05, 4.69) is 15.4 Å². The third-order valence-electron chi connectivity index (χ3n) is 5.94. The molecule has 0 fully saturated rings. The molecule has 0 saturated carbocycles. The molecule has 2 N–H and O–H groups in total. The largest absolute Gasteiger partial charge is 0.480 e. The molecule has 2 aromatic heterocycles. The van der Waals surface area contributed by atoms with Crippen LogP contribution in [0.1, 0.15) is 27.3 Å². The van der Waals surface area contributed by atoms with E-state index in [0.29, 0.717) is 22.2 Å². The molecule has 0 aliphatic heterocycles. The molecule has 2 aromatic carbocycles. The van der Waals surface area contributed by atoms with Gasteiger partial charge in [-0.25, -0.2) is 4.79 Å². The van der Waals surface area contributed by atoms with Crippen LogP contribution >= 0.6 is 23.2 Å². The molecule has 4 rings (SSSR count). The fraction of sp³-hybridized carbons (Fsp3) is 0.200. The van der Waals surface area contributed by atoms with Crippen LogP contribution in [0.5, 0.6) is 0 Å². The van der Waals surface area contributed by atoms with Gasteiger partial charge in [0.05, 0.1) is 21.1 Å². The number of carboxylic acids is 1. The van der Waals surface area contributed by atoms with Crippen molar-refractivity contribution in [2.24, 2.45) is 7.05 Å². The van der Waals surface area contributed by atoms with E-state index in [4.69, 9.17) is 23.2 Å². The van der Waals surface area contributed by atoms with Crippen LogP contribution in [0.25, 0.3) is 22.0 Å². The summed E-state index contributed by atoms with van der Waals surface area (Å²) in [6, 6.07) is 9.20. The summed E-state index contributed by atoms with van der Waals surface area (Å²) >= 11 is 12.1. The monoisotopic (exact) mass is 550 g/mol. The van der Waals surface area contributed by atoms with Crippen molar-refractivity contribution in [3.63, 3.8) is 0 Å². The molecule has 4 aromatic rings. The van der Waals surface area contributed by atoms with E-state index < -0.39 is 29.8 Å². The van der Waals surface area contributed by atoms with Crippen LogP contribution in [0.3, 0.4) is 0 Å². The van der Waals surface area contributed by atoms with Crippen LogP contribution in [-0.2, 0) is 24.4 Å². The fourth-order valence-corrected chi connectivity index (χ4v) is 4.68. The van der Waals surface area contributed by atoms with E-state index in [1.165, 1.54) is 44.4 Å². The van der Waals surface area contributed by atoms with E-state index in [1.807, 2.05) is 0 Å². The Kier molecular flexibility index (Phi) is 7.16. The van der Waals surface area contributed by atoms with Gasteiger partial charge in [-0.1, -0.05) is 47.5 Å². The Morgan fingerprint density at radius 3 is 2.41 bits per heavy atom. The van der Waals surface area contributed by atoms with Crippen molar-refractivity contribution < 1.29 is 27.9 Å². The minimum absolute atomic E-state index is 0.0536. The van der Waals surface area contributed by atoms with Crippen LogP contribution in [0, 0.1) is 6.92 Å². The lowest BCUT2D eigenvalue weighted by atomic mass is 9.94. The molecule has 192 valence electrons. The van der Waals surface area contributed by atoms with Crippen molar-refractivity contribution in [1.29, 1.82) is 0 Å². The Bertz CT molecular complexity index is 1520. The summed E-state index contributed by atoms with van der Waals surface area (Å²) in [5.41, 5.74) is 0.0805. The van der Waals surface area contributed by atoms with Crippen LogP contribution < -0.4 is 5.32 Å². The number of pyridine rings is 1.